The second-order valence-electron chi connectivity index (χ2n) is 3.77. The first-order valence-corrected chi connectivity index (χ1v) is 4.79. The predicted molar refractivity (Wildman–Crippen MR) is 53.1 cm³/mol. The third-order valence-electron chi connectivity index (χ3n) is 1.95. The highest BCUT2D eigenvalue weighted by Gasteiger charge is 1.95. The molecule has 0 aromatic heterocycles. The Morgan fingerprint density at radius 2 is 2.00 bits per heavy atom. The number of unbranched alkanes of at least 4 members (excludes halogenated alkanes) is 2. The highest BCUT2D eigenvalue weighted by molar-refractivity contribution is 5.71. The van der Waals surface area contributed by atoms with Crippen LogP contribution in [0.1, 0.15) is 46.0 Å². The van der Waals surface area contributed by atoms with Crippen molar-refractivity contribution in [2.24, 2.45) is 5.92 Å². The molecule has 0 fully saturated rings. The van der Waals surface area contributed by atoms with Gasteiger partial charge in [0.2, 0.25) is 0 Å². The van der Waals surface area contributed by atoms with Gasteiger partial charge in [0.25, 0.3) is 0 Å². The molecule has 1 nitrogen and oxygen atoms in total. The molecule has 0 aromatic rings. The molecule has 0 aromatic carbocycles. The maximum atomic E-state index is 10.2. The minimum absolute atomic E-state index is 0.736. The quantitative estimate of drug-likeness (QED) is 0.324. The van der Waals surface area contributed by atoms with Gasteiger partial charge in [-0.2, -0.15) is 0 Å². The molecular formula is C11H20O. The number of hydrogen-bond donors (Lipinski definition) is 0. The highest BCUT2D eigenvalue weighted by Crippen LogP contribution is 2.11. The van der Waals surface area contributed by atoms with Crippen molar-refractivity contribution in [1.29, 1.82) is 0 Å². The lowest BCUT2D eigenvalue weighted by molar-refractivity contribution is -0.105. The minimum Gasteiger partial charge on any atom is -0.298 e. The van der Waals surface area contributed by atoms with Crippen molar-refractivity contribution < 1.29 is 4.79 Å². The molecule has 1 heteroatoms. The van der Waals surface area contributed by atoms with E-state index in [1.54, 1.807) is 0 Å². The summed E-state index contributed by atoms with van der Waals surface area (Å²) >= 11 is 0. The van der Waals surface area contributed by atoms with Crippen molar-refractivity contribution in [1.82, 2.24) is 0 Å². The summed E-state index contributed by atoms with van der Waals surface area (Å²) in [5, 5.41) is 0. The fourth-order valence-corrected chi connectivity index (χ4v) is 1.14. The number of allylic oxidation sites excluding steroid dienone is 1. The SMILES string of the molecule is C=C(C=O)CCCCCC(C)C. The Morgan fingerprint density at radius 3 is 2.50 bits per heavy atom. The molecule has 0 aliphatic rings. The van der Waals surface area contributed by atoms with E-state index in [1.807, 2.05) is 0 Å². The molecule has 0 spiro atoms. The van der Waals surface area contributed by atoms with E-state index in [1.165, 1.54) is 19.3 Å². The van der Waals surface area contributed by atoms with Crippen LogP contribution in [0.25, 0.3) is 0 Å². The minimum atomic E-state index is 0.736. The Kier molecular flexibility index (Phi) is 6.73. The number of carbonyl (C=O) groups is 1. The van der Waals surface area contributed by atoms with E-state index in [9.17, 15) is 4.79 Å². The third kappa shape index (κ3) is 7.52. The molecule has 0 atom stereocenters. The fraction of sp³-hybridized carbons (Fsp3) is 0.727. The van der Waals surface area contributed by atoms with Crippen molar-refractivity contribution in [3.05, 3.63) is 12.2 Å². The van der Waals surface area contributed by atoms with E-state index in [4.69, 9.17) is 0 Å². The van der Waals surface area contributed by atoms with Crippen LogP contribution in [-0.4, -0.2) is 6.29 Å². The van der Waals surface area contributed by atoms with E-state index in [2.05, 4.69) is 20.4 Å². The largest absolute Gasteiger partial charge is 0.298 e. The van der Waals surface area contributed by atoms with Crippen LogP contribution in [0.3, 0.4) is 0 Å². The van der Waals surface area contributed by atoms with Crippen LogP contribution in [0.2, 0.25) is 0 Å². The van der Waals surface area contributed by atoms with Gasteiger partial charge >= 0.3 is 0 Å². The summed E-state index contributed by atoms with van der Waals surface area (Å²) in [7, 11) is 0. The summed E-state index contributed by atoms with van der Waals surface area (Å²) in [4.78, 5) is 10.2. The van der Waals surface area contributed by atoms with Crippen molar-refractivity contribution in [2.75, 3.05) is 0 Å². The average Bonchev–Trinajstić information content (AvgIpc) is 2.03. The van der Waals surface area contributed by atoms with Crippen molar-refractivity contribution >= 4 is 6.29 Å². The first kappa shape index (κ1) is 11.4. The summed E-state index contributed by atoms with van der Waals surface area (Å²) in [6, 6.07) is 0. The summed E-state index contributed by atoms with van der Waals surface area (Å²) in [6.45, 7) is 8.12. The summed E-state index contributed by atoms with van der Waals surface area (Å²) in [5.74, 6) is 0.805. The van der Waals surface area contributed by atoms with E-state index < -0.39 is 0 Å². The second-order valence-corrected chi connectivity index (χ2v) is 3.77. The van der Waals surface area contributed by atoms with Crippen LogP contribution in [-0.2, 0) is 4.79 Å². The van der Waals surface area contributed by atoms with Gasteiger partial charge in [-0.1, -0.05) is 39.7 Å². The lowest BCUT2D eigenvalue weighted by Gasteiger charge is -2.03. The van der Waals surface area contributed by atoms with Gasteiger partial charge in [-0.3, -0.25) is 4.79 Å². The first-order valence-electron chi connectivity index (χ1n) is 4.79. The Balaban J connectivity index is 3.11. The van der Waals surface area contributed by atoms with E-state index >= 15 is 0 Å². The van der Waals surface area contributed by atoms with Gasteiger partial charge in [0.1, 0.15) is 6.29 Å². The molecule has 0 N–H and O–H groups in total. The summed E-state index contributed by atoms with van der Waals surface area (Å²) < 4.78 is 0. The fourth-order valence-electron chi connectivity index (χ4n) is 1.14. The van der Waals surface area contributed by atoms with Gasteiger partial charge in [-0.05, 0) is 24.3 Å². The maximum absolute atomic E-state index is 10.2. The third-order valence-corrected chi connectivity index (χ3v) is 1.95. The Labute approximate surface area is 75.9 Å². The zero-order chi connectivity index (χ0) is 9.40. The maximum Gasteiger partial charge on any atom is 0.145 e. The van der Waals surface area contributed by atoms with Crippen LogP contribution in [0.4, 0.5) is 0 Å². The molecule has 0 unspecified atom stereocenters. The monoisotopic (exact) mass is 168 g/mol. The van der Waals surface area contributed by atoms with E-state index in [0.29, 0.717) is 0 Å². The molecule has 0 heterocycles. The molecule has 12 heavy (non-hydrogen) atoms. The topological polar surface area (TPSA) is 17.1 Å². The summed E-state index contributed by atoms with van der Waals surface area (Å²) in [5.41, 5.74) is 0.736. The molecule has 0 amide bonds. The molecule has 0 aliphatic heterocycles. The van der Waals surface area contributed by atoms with Crippen LogP contribution < -0.4 is 0 Å². The second kappa shape index (κ2) is 7.08. The van der Waals surface area contributed by atoms with Gasteiger partial charge in [0.15, 0.2) is 0 Å². The van der Waals surface area contributed by atoms with E-state index in [-0.39, 0.29) is 0 Å². The normalized spacial score (nSPS) is 10.2. The molecule has 0 radical (unpaired) electrons. The molecule has 0 aliphatic carbocycles. The van der Waals surface area contributed by atoms with Gasteiger partial charge in [0, 0.05) is 0 Å². The Bertz CT molecular complexity index is 136. The molecule has 0 saturated heterocycles. The lowest BCUT2D eigenvalue weighted by atomic mass is 10.0. The molecule has 0 rings (SSSR count). The first-order chi connectivity index (χ1) is 5.66. The Hall–Kier alpha value is -0.590. The number of rotatable bonds is 7. The zero-order valence-electron chi connectivity index (χ0n) is 8.31. The molecule has 0 bridgehead atoms. The number of hydrogen-bond acceptors (Lipinski definition) is 1. The van der Waals surface area contributed by atoms with Crippen LogP contribution in [0.5, 0.6) is 0 Å². The molecule has 0 saturated carbocycles. The predicted octanol–water partition coefficient (Wildman–Crippen LogP) is 3.35. The molecule has 70 valence electrons. The van der Waals surface area contributed by atoms with Crippen LogP contribution in [0.15, 0.2) is 12.2 Å². The standard InChI is InChI=1S/C11H20O/c1-10(2)7-5-4-6-8-11(3)9-12/h9-10H,3-8H2,1-2H3. The van der Waals surface area contributed by atoms with Gasteiger partial charge in [-0.25, -0.2) is 0 Å². The van der Waals surface area contributed by atoms with Crippen molar-refractivity contribution in [2.45, 2.75) is 46.0 Å². The smallest absolute Gasteiger partial charge is 0.145 e. The van der Waals surface area contributed by atoms with Crippen molar-refractivity contribution in [3.63, 3.8) is 0 Å². The zero-order valence-corrected chi connectivity index (χ0v) is 8.31. The Morgan fingerprint density at radius 1 is 1.33 bits per heavy atom. The lowest BCUT2D eigenvalue weighted by Crippen LogP contribution is -1.88. The number of carbonyl (C=O) groups excluding carboxylic acids is 1. The van der Waals surface area contributed by atoms with Crippen LogP contribution >= 0.6 is 0 Å². The van der Waals surface area contributed by atoms with E-state index in [0.717, 1.165) is 30.6 Å². The van der Waals surface area contributed by atoms with Crippen molar-refractivity contribution in [3.8, 4) is 0 Å². The molecular weight excluding hydrogens is 148 g/mol. The summed E-state index contributed by atoms with van der Waals surface area (Å²) in [6.07, 6.45) is 6.66. The average molecular weight is 168 g/mol. The van der Waals surface area contributed by atoms with Gasteiger partial charge in [-0.15, -0.1) is 0 Å². The van der Waals surface area contributed by atoms with Gasteiger partial charge in [0.05, 0.1) is 0 Å². The van der Waals surface area contributed by atoms with Crippen LogP contribution in [0, 0.1) is 5.92 Å². The highest BCUT2D eigenvalue weighted by atomic mass is 16.1. The van der Waals surface area contributed by atoms with Gasteiger partial charge < -0.3 is 0 Å². The number of aldehydes is 1.